The number of benzene rings is 3. The van der Waals surface area contributed by atoms with Crippen LogP contribution in [0.3, 0.4) is 0 Å². The molecule has 0 saturated carbocycles. The van der Waals surface area contributed by atoms with Gasteiger partial charge in [0, 0.05) is 24.8 Å². The first-order valence-corrected chi connectivity index (χ1v) is 16.0. The average molecular weight is 540 g/mol. The molecule has 0 fully saturated rings. The summed E-state index contributed by atoms with van der Waals surface area (Å²) in [5.74, 6) is 0. The van der Waals surface area contributed by atoms with Gasteiger partial charge in [-0.3, -0.25) is 0 Å². The summed E-state index contributed by atoms with van der Waals surface area (Å²) >= 11 is 2.55. The summed E-state index contributed by atoms with van der Waals surface area (Å²) in [6, 6.07) is 30.3. The zero-order valence-corrected chi connectivity index (χ0v) is 21.2. The fourth-order valence-corrected chi connectivity index (χ4v) is 7.82. The molecule has 0 radical (unpaired) electrons. The van der Waals surface area contributed by atoms with E-state index in [2.05, 4.69) is 71.4 Å². The molecule has 0 heterocycles. The minimum absolute atomic E-state index is 0.0684. The van der Waals surface area contributed by atoms with Crippen molar-refractivity contribution in [3.05, 3.63) is 90.5 Å². The predicted molar refractivity (Wildman–Crippen MR) is 133 cm³/mol. The molecule has 4 nitrogen and oxygen atoms in total. The Balaban J connectivity index is 0.000000215. The Labute approximate surface area is 194 Å². The Kier molecular flexibility index (Phi) is 10.4. The molecule has 3 aromatic carbocycles. The average Bonchev–Trinajstić information content (AvgIpc) is 2.80. The van der Waals surface area contributed by atoms with Crippen LogP contribution < -0.4 is 12.1 Å². The summed E-state index contributed by atoms with van der Waals surface area (Å²) < 4.78 is 2.67. The fraction of sp³-hybridized carbons (Fsp3) is 0.0870. The van der Waals surface area contributed by atoms with Gasteiger partial charge in [0.1, 0.15) is 0 Å². The minimum atomic E-state index is -2.03. The molecule has 0 spiro atoms. The van der Waals surface area contributed by atoms with E-state index in [0.29, 0.717) is 0 Å². The van der Waals surface area contributed by atoms with Crippen molar-refractivity contribution >= 4 is 64.3 Å². The first-order valence-electron chi connectivity index (χ1n) is 9.10. The first kappa shape index (κ1) is 23.9. The predicted octanol–water partition coefficient (Wildman–Crippen LogP) is 3.59. The van der Waals surface area contributed by atoms with Crippen LogP contribution in [0, 0.1) is 11.3 Å². The Bertz CT molecular complexity index is 961. The van der Waals surface area contributed by atoms with Gasteiger partial charge in [-0.1, -0.05) is 12.1 Å². The number of nitrogens with zero attached hydrogens (tertiary/aromatic N) is 4. The second-order valence-corrected chi connectivity index (χ2v) is 14.3. The summed E-state index contributed by atoms with van der Waals surface area (Å²) in [6.07, 6.45) is 1.56. The third kappa shape index (κ3) is 8.15. The topological polar surface area (TPSA) is 51.8 Å². The van der Waals surface area contributed by atoms with Crippen molar-refractivity contribution in [2.24, 2.45) is 10.2 Å². The Hall–Kier alpha value is -2.40. The van der Waals surface area contributed by atoms with E-state index in [1.807, 2.05) is 55.4 Å². The molecule has 3 rings (SSSR count). The molecule has 150 valence electrons. The van der Waals surface area contributed by atoms with Gasteiger partial charge < -0.3 is 17.5 Å². The van der Waals surface area contributed by atoms with Crippen LogP contribution in [-0.4, -0.2) is 44.0 Å². The van der Waals surface area contributed by atoms with E-state index >= 15 is 0 Å². The molecule has 0 atom stereocenters. The monoisotopic (exact) mass is 540 g/mol. The molecule has 0 N–H and O–H groups in total. The molecular formula is C23H21ClN4SSn. The second kappa shape index (κ2) is 13.0. The molecule has 0 aromatic heterocycles. The van der Waals surface area contributed by atoms with Crippen LogP contribution in [0.15, 0.2) is 95.1 Å². The summed E-state index contributed by atoms with van der Waals surface area (Å²) in [5, 5.41) is 15.5. The van der Waals surface area contributed by atoms with Gasteiger partial charge in [0.15, 0.2) is 0 Å². The number of rotatable bonds is 5. The molecule has 0 amide bonds. The number of hydrogen-bond donors (Lipinski definition) is 0. The van der Waals surface area contributed by atoms with Crippen molar-refractivity contribution in [2.45, 2.75) is 0 Å². The molecule has 0 aliphatic heterocycles. The van der Waals surface area contributed by atoms with Crippen LogP contribution in [0.2, 0.25) is 0 Å². The third-order valence-electron chi connectivity index (χ3n) is 3.91. The number of halogens is 1. The Morgan fingerprint density at radius 1 is 0.933 bits per heavy atom. The molecule has 3 aromatic rings. The molecule has 30 heavy (non-hydrogen) atoms. The van der Waals surface area contributed by atoms with Crippen molar-refractivity contribution < 1.29 is 0 Å². The van der Waals surface area contributed by atoms with E-state index < -0.39 is 18.6 Å². The van der Waals surface area contributed by atoms with Gasteiger partial charge in [-0.05, 0) is 17.7 Å². The van der Waals surface area contributed by atoms with Crippen LogP contribution >= 0.6 is 8.92 Å². The van der Waals surface area contributed by atoms with Crippen LogP contribution in [-0.2, 0) is 12.6 Å². The van der Waals surface area contributed by atoms with Gasteiger partial charge in [0.2, 0.25) is 0 Å². The van der Waals surface area contributed by atoms with Gasteiger partial charge in [-0.2, -0.15) is 15.5 Å². The Morgan fingerprint density at radius 2 is 1.43 bits per heavy atom. The molecule has 0 aliphatic rings. The van der Waals surface area contributed by atoms with Crippen molar-refractivity contribution in [2.75, 3.05) is 19.0 Å². The molecule has 0 unspecified atom stereocenters. The van der Waals surface area contributed by atoms with Crippen molar-refractivity contribution in [3.8, 4) is 6.07 Å². The third-order valence-corrected chi connectivity index (χ3v) is 11.8. The van der Waals surface area contributed by atoms with E-state index in [0.717, 1.165) is 11.3 Å². The molecule has 0 bridgehead atoms. The van der Waals surface area contributed by atoms with Gasteiger partial charge in [0.25, 0.3) is 0 Å². The maximum absolute atomic E-state index is 8.37. The first-order chi connectivity index (χ1) is 14.5. The molecule has 7 heteroatoms. The van der Waals surface area contributed by atoms with Gasteiger partial charge in [-0.15, -0.1) is 0 Å². The van der Waals surface area contributed by atoms with Crippen LogP contribution in [0.5, 0.6) is 0 Å². The van der Waals surface area contributed by atoms with E-state index in [1.54, 1.807) is 12.3 Å². The van der Waals surface area contributed by atoms with Crippen molar-refractivity contribution in [1.82, 2.24) is 0 Å². The summed E-state index contributed by atoms with van der Waals surface area (Å²) in [5.41, 5.74) is 2.02. The SMILES string of the molecule is CN(C)c1ccc(C=NN=C([S-])C#N)cc1.[Cl][Sn+]([c]1ccccc1)[c]1ccccc1. The van der Waals surface area contributed by atoms with E-state index in [9.17, 15) is 0 Å². The van der Waals surface area contributed by atoms with Crippen LogP contribution in [0.1, 0.15) is 5.56 Å². The Morgan fingerprint density at radius 3 is 1.87 bits per heavy atom. The van der Waals surface area contributed by atoms with Crippen LogP contribution in [0.4, 0.5) is 5.69 Å². The number of anilines is 1. The van der Waals surface area contributed by atoms with Gasteiger partial charge >= 0.3 is 95.4 Å². The maximum atomic E-state index is 8.37. The van der Waals surface area contributed by atoms with E-state index in [4.69, 9.17) is 14.2 Å². The second-order valence-electron chi connectivity index (χ2n) is 6.29. The fourth-order valence-electron chi connectivity index (χ4n) is 2.36. The quantitative estimate of drug-likeness (QED) is 0.164. The van der Waals surface area contributed by atoms with Gasteiger partial charge in [0.05, 0.1) is 12.3 Å². The molecule has 0 aliphatic carbocycles. The summed E-state index contributed by atoms with van der Waals surface area (Å²) in [6.45, 7) is 0. The van der Waals surface area contributed by atoms with Crippen molar-refractivity contribution in [3.63, 3.8) is 0 Å². The normalized spacial score (nSPS) is 10.7. The zero-order chi connectivity index (χ0) is 21.8. The number of hydrogen-bond acceptors (Lipinski definition) is 5. The van der Waals surface area contributed by atoms with E-state index in [1.165, 1.54) is 7.16 Å². The van der Waals surface area contributed by atoms with Gasteiger partial charge in [-0.25, -0.2) is 0 Å². The summed E-state index contributed by atoms with van der Waals surface area (Å²) in [7, 11) is 10.5. The molecular weight excluding hydrogens is 519 g/mol. The standard InChI is InChI=1S/C11H12N4S.2C6H5.ClH.Sn/c1-15(2)10-5-3-9(4-6-10)8-13-14-11(16)7-12;2*1-2-4-6-5-3-1;;/h3-6,8H,1-2H3,(H,14,16);2*1-5H;1H;/q;;;;+2/p-2. The van der Waals surface area contributed by atoms with Crippen LogP contribution in [0.25, 0.3) is 0 Å². The van der Waals surface area contributed by atoms with Crippen molar-refractivity contribution in [1.29, 1.82) is 5.26 Å². The zero-order valence-electron chi connectivity index (χ0n) is 16.7. The number of nitriles is 1. The van der Waals surface area contributed by atoms with E-state index in [-0.39, 0.29) is 5.04 Å². The summed E-state index contributed by atoms with van der Waals surface area (Å²) in [4.78, 5) is 2.01. The molecule has 0 saturated heterocycles.